The van der Waals surface area contributed by atoms with Crippen molar-refractivity contribution >= 4 is 11.9 Å². The fraction of sp³-hybridized carbons (Fsp3) is 0.943. The zero-order valence-electron chi connectivity index (χ0n) is 27.2. The van der Waals surface area contributed by atoms with Gasteiger partial charge in [-0.3, -0.25) is 9.59 Å². The van der Waals surface area contributed by atoms with Crippen molar-refractivity contribution in [1.29, 1.82) is 0 Å². The number of piperidine rings is 2. The Bertz CT molecular complexity index is 1000. The molecule has 6 nitrogen and oxygen atoms in total. The summed E-state index contributed by atoms with van der Waals surface area (Å²) in [6.45, 7) is 13.3. The molecule has 6 rings (SSSR count). The molecule has 4 aliphatic carbocycles. The summed E-state index contributed by atoms with van der Waals surface area (Å²) < 4.78 is 14.7. The van der Waals surface area contributed by atoms with Crippen LogP contribution in [-0.4, -0.2) is 85.5 Å². The second kappa shape index (κ2) is 10.8. The lowest BCUT2D eigenvalue weighted by atomic mass is 9.44. The number of ether oxygens (including phenoxy) is 2. The second-order valence-corrected chi connectivity index (χ2v) is 16.7. The van der Waals surface area contributed by atoms with Gasteiger partial charge in [0.15, 0.2) is 12.2 Å². The number of esters is 2. The molecule has 6 heteroatoms. The summed E-state index contributed by atoms with van der Waals surface area (Å²) in [4.78, 5) is 24.8. The van der Waals surface area contributed by atoms with E-state index in [0.717, 1.165) is 21.3 Å². The van der Waals surface area contributed by atoms with Crippen LogP contribution in [0.5, 0.6) is 0 Å². The first-order chi connectivity index (χ1) is 19.4. The van der Waals surface area contributed by atoms with Crippen LogP contribution in [0.1, 0.15) is 111 Å². The van der Waals surface area contributed by atoms with E-state index in [9.17, 15) is 9.59 Å². The van der Waals surface area contributed by atoms with Crippen LogP contribution in [0.2, 0.25) is 0 Å². The van der Waals surface area contributed by atoms with E-state index in [-0.39, 0.29) is 29.6 Å². The first-order valence-corrected chi connectivity index (χ1v) is 17.4. The zero-order chi connectivity index (χ0) is 29.2. The summed E-state index contributed by atoms with van der Waals surface area (Å²) >= 11 is 0. The van der Waals surface area contributed by atoms with Gasteiger partial charge < -0.3 is 18.4 Å². The van der Waals surface area contributed by atoms with Crippen LogP contribution in [0.4, 0.5) is 0 Å². The molecule has 2 aliphatic heterocycles. The highest BCUT2D eigenvalue weighted by molar-refractivity contribution is 5.66. The third-order valence-electron chi connectivity index (χ3n) is 14.5. The van der Waals surface area contributed by atoms with Crippen LogP contribution in [0.3, 0.4) is 0 Å². The minimum absolute atomic E-state index is 0.0462. The molecule has 41 heavy (non-hydrogen) atoms. The first kappa shape index (κ1) is 29.9. The Kier molecular flexibility index (Phi) is 7.87. The number of likely N-dealkylation sites (tertiary alicyclic amines) is 2. The molecule has 0 aromatic carbocycles. The van der Waals surface area contributed by atoms with Crippen molar-refractivity contribution in [3.05, 3.63) is 0 Å². The van der Waals surface area contributed by atoms with Gasteiger partial charge in [0.05, 0.1) is 40.3 Å². The summed E-state index contributed by atoms with van der Waals surface area (Å²) in [5.74, 6) is 2.52. The molecule has 232 valence electrons. The largest absolute Gasteiger partial charge is 0.456 e. The van der Waals surface area contributed by atoms with E-state index in [1.807, 2.05) is 0 Å². The van der Waals surface area contributed by atoms with Gasteiger partial charge in [0.1, 0.15) is 12.1 Å². The van der Waals surface area contributed by atoms with Crippen molar-refractivity contribution in [2.45, 2.75) is 135 Å². The third kappa shape index (κ3) is 4.99. The SMILES string of the molecule is CC(=O)OC1CC2CCC3C(CC[C@@]4(C)C3CC([N+]3(C)CCCCC3)C4OC(C)=O)[C@@]2(C)CC1[N+]1(C)CCCCC1. The minimum atomic E-state index is -0.0998. The van der Waals surface area contributed by atoms with Gasteiger partial charge >= 0.3 is 11.9 Å². The van der Waals surface area contributed by atoms with Gasteiger partial charge in [-0.15, -0.1) is 0 Å². The highest BCUT2D eigenvalue weighted by atomic mass is 16.5. The van der Waals surface area contributed by atoms with Crippen LogP contribution >= 0.6 is 0 Å². The first-order valence-electron chi connectivity index (χ1n) is 17.4. The van der Waals surface area contributed by atoms with Crippen LogP contribution in [0.25, 0.3) is 0 Å². The molecule has 0 N–H and O–H groups in total. The molecule has 0 amide bonds. The van der Waals surface area contributed by atoms with Crippen molar-refractivity contribution in [2.24, 2.45) is 34.5 Å². The molecule has 0 radical (unpaired) electrons. The Hall–Kier alpha value is -1.14. The molecule has 0 bridgehead atoms. The fourth-order valence-electron chi connectivity index (χ4n) is 12.3. The van der Waals surface area contributed by atoms with Crippen molar-refractivity contribution < 1.29 is 28.0 Å². The summed E-state index contributed by atoms with van der Waals surface area (Å²) in [6.07, 6.45) is 16.4. The van der Waals surface area contributed by atoms with Crippen molar-refractivity contribution in [1.82, 2.24) is 0 Å². The summed E-state index contributed by atoms with van der Waals surface area (Å²) in [6, 6.07) is 0.846. The Morgan fingerprint density at radius 2 is 1.27 bits per heavy atom. The molecule has 6 fully saturated rings. The van der Waals surface area contributed by atoms with Gasteiger partial charge in [-0.2, -0.15) is 0 Å². The van der Waals surface area contributed by atoms with Gasteiger partial charge in [-0.25, -0.2) is 0 Å². The number of hydrogen-bond donors (Lipinski definition) is 0. The van der Waals surface area contributed by atoms with E-state index in [1.54, 1.807) is 13.8 Å². The van der Waals surface area contributed by atoms with Gasteiger partial charge in [0, 0.05) is 32.1 Å². The molecule has 4 saturated carbocycles. The average Bonchev–Trinajstić information content (AvgIpc) is 3.21. The predicted molar refractivity (Wildman–Crippen MR) is 161 cm³/mol. The number of fused-ring (bicyclic) bond motifs is 5. The van der Waals surface area contributed by atoms with Crippen LogP contribution in [0.15, 0.2) is 0 Å². The molecular formula is C35H60N2O4+2. The van der Waals surface area contributed by atoms with Crippen LogP contribution in [0, 0.1) is 34.5 Å². The minimum Gasteiger partial charge on any atom is -0.456 e. The number of likely N-dealkylation sites (N-methyl/N-ethyl adjacent to an activating group) is 2. The molecule has 0 aromatic heterocycles. The fourth-order valence-corrected chi connectivity index (χ4v) is 12.3. The predicted octanol–water partition coefficient (Wildman–Crippen LogP) is 6.11. The highest BCUT2D eigenvalue weighted by Crippen LogP contribution is 2.68. The highest BCUT2D eigenvalue weighted by Gasteiger charge is 2.68. The van der Waals surface area contributed by atoms with E-state index in [4.69, 9.17) is 9.47 Å². The molecule has 10 atom stereocenters. The van der Waals surface area contributed by atoms with Crippen LogP contribution < -0.4 is 0 Å². The number of quaternary nitrogens is 2. The maximum atomic E-state index is 12.5. The van der Waals surface area contributed by atoms with Crippen LogP contribution in [-0.2, 0) is 19.1 Å². The molecule has 2 saturated heterocycles. The van der Waals surface area contributed by atoms with Crippen molar-refractivity contribution in [2.75, 3.05) is 40.3 Å². The maximum Gasteiger partial charge on any atom is 0.303 e. The number of rotatable bonds is 4. The zero-order valence-corrected chi connectivity index (χ0v) is 27.2. The normalized spacial score (nSPS) is 46.9. The molecule has 6 aliphatic rings. The monoisotopic (exact) mass is 572 g/mol. The lowest BCUT2D eigenvalue weighted by Gasteiger charge is -2.63. The summed E-state index contributed by atoms with van der Waals surface area (Å²) in [5.41, 5.74) is 0.377. The van der Waals surface area contributed by atoms with E-state index >= 15 is 0 Å². The van der Waals surface area contributed by atoms with Gasteiger partial charge in [0.2, 0.25) is 0 Å². The molecular weight excluding hydrogens is 512 g/mol. The van der Waals surface area contributed by atoms with Gasteiger partial charge in [0.25, 0.3) is 0 Å². The Balaban J connectivity index is 1.31. The van der Waals surface area contributed by atoms with E-state index < -0.39 is 0 Å². The summed E-state index contributed by atoms with van der Waals surface area (Å²) in [5, 5.41) is 0. The van der Waals surface area contributed by atoms with Gasteiger partial charge in [-0.05, 0) is 99.7 Å². The Labute approximate surface area is 250 Å². The maximum absolute atomic E-state index is 12.5. The smallest absolute Gasteiger partial charge is 0.303 e. The molecule has 0 aromatic rings. The van der Waals surface area contributed by atoms with Gasteiger partial charge in [-0.1, -0.05) is 13.8 Å². The van der Waals surface area contributed by atoms with E-state index in [2.05, 4.69) is 27.9 Å². The van der Waals surface area contributed by atoms with E-state index in [0.29, 0.717) is 35.3 Å². The third-order valence-corrected chi connectivity index (χ3v) is 14.5. The molecule has 2 heterocycles. The second-order valence-electron chi connectivity index (χ2n) is 16.7. The molecule has 8 unspecified atom stereocenters. The quantitative estimate of drug-likeness (QED) is 0.301. The topological polar surface area (TPSA) is 52.6 Å². The lowest BCUT2D eigenvalue weighted by Crippen LogP contribution is -2.66. The lowest BCUT2D eigenvalue weighted by molar-refractivity contribution is -0.943. The number of carbonyl (C=O) groups is 2. The number of nitrogens with zero attached hydrogens (tertiary/aromatic N) is 2. The summed E-state index contributed by atoms with van der Waals surface area (Å²) in [7, 11) is 4.94. The Morgan fingerprint density at radius 1 is 0.683 bits per heavy atom. The van der Waals surface area contributed by atoms with Crippen molar-refractivity contribution in [3.63, 3.8) is 0 Å². The average molecular weight is 573 g/mol. The standard InChI is InChI=1S/C35H60N2O4/c1-24(38)40-32-21-26-13-14-27-28(35(26,4)23-31(32)37(6)19-11-8-12-20-37)15-16-34(3)29(27)22-30(33(34)41-25(2)39)36(5)17-9-7-10-18-36/h26-33H,7-23H2,1-6H3/q+2/t26?,27?,28?,29?,30?,31?,32?,33?,34-,35-/m0/s1. The van der Waals surface area contributed by atoms with Crippen molar-refractivity contribution in [3.8, 4) is 0 Å². The van der Waals surface area contributed by atoms with E-state index in [1.165, 1.54) is 103 Å². The number of hydrogen-bond acceptors (Lipinski definition) is 4. The Morgan fingerprint density at radius 3 is 1.85 bits per heavy atom. The number of carbonyl (C=O) groups excluding carboxylic acids is 2. The molecule has 0 spiro atoms.